The number of carbonyl (C=O) groups is 2. The van der Waals surface area contributed by atoms with Gasteiger partial charge in [0.15, 0.2) is 6.23 Å². The number of rotatable bonds is 7. The average molecular weight is 283 g/mol. The van der Waals surface area contributed by atoms with Gasteiger partial charge in [0, 0.05) is 5.69 Å². The van der Waals surface area contributed by atoms with E-state index in [4.69, 9.17) is 4.74 Å². The molecule has 2 rings (SSSR count). The van der Waals surface area contributed by atoms with Gasteiger partial charge in [-0.05, 0) is 17.7 Å². The minimum Gasteiger partial charge on any atom is -0.441 e. The maximum Gasteiger partial charge on any atom is 0.312 e. The summed E-state index contributed by atoms with van der Waals surface area (Å²) in [4.78, 5) is 22.6. The zero-order valence-corrected chi connectivity index (χ0v) is 11.6. The molecular weight excluding hydrogens is 266 g/mol. The first kappa shape index (κ1) is 14.8. The Kier molecular flexibility index (Phi) is 5.52. The molecule has 0 spiro atoms. The predicted molar refractivity (Wildman–Crippen MR) is 80.8 cm³/mol. The molecule has 0 aliphatic rings. The quantitative estimate of drug-likeness (QED) is 0.482. The van der Waals surface area contributed by atoms with E-state index in [9.17, 15) is 9.59 Å². The van der Waals surface area contributed by atoms with Gasteiger partial charge in [0.1, 0.15) is 6.29 Å². The van der Waals surface area contributed by atoms with E-state index in [-0.39, 0.29) is 18.8 Å². The minimum atomic E-state index is -0.652. The third-order valence-corrected chi connectivity index (χ3v) is 2.88. The highest BCUT2D eigenvalue weighted by atomic mass is 16.6. The van der Waals surface area contributed by atoms with Crippen molar-refractivity contribution in [3.63, 3.8) is 0 Å². The lowest BCUT2D eigenvalue weighted by Gasteiger charge is -2.18. The van der Waals surface area contributed by atoms with Gasteiger partial charge in [0.25, 0.3) is 0 Å². The van der Waals surface area contributed by atoms with Crippen molar-refractivity contribution < 1.29 is 14.3 Å². The van der Waals surface area contributed by atoms with E-state index < -0.39 is 6.23 Å². The van der Waals surface area contributed by atoms with E-state index in [2.05, 4.69) is 5.32 Å². The van der Waals surface area contributed by atoms with Crippen molar-refractivity contribution >= 4 is 17.9 Å². The molecule has 0 fully saturated rings. The van der Waals surface area contributed by atoms with Crippen LogP contribution >= 0.6 is 0 Å². The highest BCUT2D eigenvalue weighted by Gasteiger charge is 2.14. The first-order valence-electron chi connectivity index (χ1n) is 6.76. The van der Waals surface area contributed by atoms with Gasteiger partial charge in [-0.25, -0.2) is 0 Å². The molecule has 0 amide bonds. The Labute approximate surface area is 123 Å². The number of nitrogens with one attached hydrogen (secondary N) is 1. The van der Waals surface area contributed by atoms with Crippen molar-refractivity contribution in [2.24, 2.45) is 0 Å². The van der Waals surface area contributed by atoms with Crippen LogP contribution in [0, 0.1) is 0 Å². The summed E-state index contributed by atoms with van der Waals surface area (Å²) >= 11 is 0. The molecule has 4 heteroatoms. The largest absolute Gasteiger partial charge is 0.441 e. The fraction of sp³-hybridized carbons (Fsp3) is 0.176. The van der Waals surface area contributed by atoms with Crippen molar-refractivity contribution in [2.45, 2.75) is 19.1 Å². The van der Waals surface area contributed by atoms with E-state index in [0.717, 1.165) is 17.5 Å². The van der Waals surface area contributed by atoms with Gasteiger partial charge in [-0.2, -0.15) is 0 Å². The van der Waals surface area contributed by atoms with E-state index in [0.29, 0.717) is 0 Å². The van der Waals surface area contributed by atoms with E-state index in [1.54, 1.807) is 0 Å². The first-order valence-corrected chi connectivity index (χ1v) is 6.76. The Morgan fingerprint density at radius 1 is 1.05 bits per heavy atom. The molecule has 0 aromatic heterocycles. The van der Waals surface area contributed by atoms with Gasteiger partial charge < -0.3 is 14.8 Å². The monoisotopic (exact) mass is 283 g/mol. The second-order valence-electron chi connectivity index (χ2n) is 4.55. The van der Waals surface area contributed by atoms with Crippen LogP contribution in [-0.4, -0.2) is 18.5 Å². The molecule has 0 aliphatic heterocycles. The molecular formula is C17H17NO3. The fourth-order valence-electron chi connectivity index (χ4n) is 1.91. The Morgan fingerprint density at radius 2 is 1.67 bits per heavy atom. The number of esters is 1. The van der Waals surface area contributed by atoms with Crippen LogP contribution in [0.25, 0.3) is 0 Å². The highest BCUT2D eigenvalue weighted by molar-refractivity contribution is 5.73. The molecule has 0 saturated carbocycles. The second-order valence-corrected chi connectivity index (χ2v) is 4.55. The van der Waals surface area contributed by atoms with Crippen LogP contribution in [0.2, 0.25) is 0 Å². The van der Waals surface area contributed by atoms with Gasteiger partial charge in [0.2, 0.25) is 0 Å². The maximum atomic E-state index is 11.9. The summed E-state index contributed by atoms with van der Waals surface area (Å²) in [5.74, 6) is -0.364. The van der Waals surface area contributed by atoms with Crippen molar-refractivity contribution in [1.82, 2.24) is 0 Å². The zero-order chi connectivity index (χ0) is 14.9. The van der Waals surface area contributed by atoms with E-state index in [1.807, 2.05) is 60.7 Å². The molecule has 21 heavy (non-hydrogen) atoms. The molecule has 2 aromatic rings. The molecule has 0 bridgehead atoms. The third-order valence-electron chi connectivity index (χ3n) is 2.88. The van der Waals surface area contributed by atoms with Crippen LogP contribution < -0.4 is 5.32 Å². The molecule has 108 valence electrons. The second kappa shape index (κ2) is 7.85. The van der Waals surface area contributed by atoms with Crippen LogP contribution in [0.5, 0.6) is 0 Å². The summed E-state index contributed by atoms with van der Waals surface area (Å²) in [7, 11) is 0. The Bertz CT molecular complexity index is 569. The first-order chi connectivity index (χ1) is 10.3. The molecule has 1 atom stereocenters. The lowest BCUT2D eigenvalue weighted by molar-refractivity contribution is -0.147. The molecule has 1 N–H and O–H groups in total. The van der Waals surface area contributed by atoms with Crippen LogP contribution in [0.1, 0.15) is 12.0 Å². The summed E-state index contributed by atoms with van der Waals surface area (Å²) in [6, 6.07) is 18.7. The highest BCUT2D eigenvalue weighted by Crippen LogP contribution is 2.10. The summed E-state index contributed by atoms with van der Waals surface area (Å²) in [6.07, 6.45) is 0.375. The molecule has 4 nitrogen and oxygen atoms in total. The van der Waals surface area contributed by atoms with E-state index in [1.165, 1.54) is 0 Å². The SMILES string of the molecule is O=CCC(Nc1ccccc1)OC(=O)Cc1ccccc1. The molecule has 1 unspecified atom stereocenters. The van der Waals surface area contributed by atoms with E-state index >= 15 is 0 Å². The number of ether oxygens (including phenoxy) is 1. The maximum absolute atomic E-state index is 11.9. The van der Waals surface area contributed by atoms with Gasteiger partial charge >= 0.3 is 5.97 Å². The average Bonchev–Trinajstić information content (AvgIpc) is 2.49. The Hall–Kier alpha value is -2.62. The number of aldehydes is 1. The lowest BCUT2D eigenvalue weighted by Crippen LogP contribution is -2.27. The van der Waals surface area contributed by atoms with Crippen LogP contribution in [0.4, 0.5) is 5.69 Å². The molecule has 0 aliphatic carbocycles. The number of benzene rings is 2. The van der Waals surface area contributed by atoms with Gasteiger partial charge in [0.05, 0.1) is 12.8 Å². The number of carbonyl (C=O) groups excluding carboxylic acids is 2. The van der Waals surface area contributed by atoms with Crippen molar-refractivity contribution in [2.75, 3.05) is 5.32 Å². The fourth-order valence-corrected chi connectivity index (χ4v) is 1.91. The standard InChI is InChI=1S/C17H17NO3/c19-12-11-16(18-15-9-5-2-6-10-15)21-17(20)13-14-7-3-1-4-8-14/h1-10,12,16,18H,11,13H2. The molecule has 0 saturated heterocycles. The summed E-state index contributed by atoms with van der Waals surface area (Å²) in [5.41, 5.74) is 1.68. The molecule has 0 heterocycles. The summed E-state index contributed by atoms with van der Waals surface area (Å²) in [6.45, 7) is 0. The van der Waals surface area contributed by atoms with Crippen molar-refractivity contribution in [3.8, 4) is 0 Å². The number of hydrogen-bond acceptors (Lipinski definition) is 4. The number of anilines is 1. The predicted octanol–water partition coefficient (Wildman–Crippen LogP) is 2.80. The number of hydrogen-bond donors (Lipinski definition) is 1. The summed E-state index contributed by atoms with van der Waals surface area (Å²) < 4.78 is 5.32. The topological polar surface area (TPSA) is 55.4 Å². The smallest absolute Gasteiger partial charge is 0.312 e. The van der Waals surface area contributed by atoms with Crippen LogP contribution in [0.15, 0.2) is 60.7 Å². The van der Waals surface area contributed by atoms with Gasteiger partial charge in [-0.3, -0.25) is 4.79 Å². The minimum absolute atomic E-state index is 0.107. The summed E-state index contributed by atoms with van der Waals surface area (Å²) in [5, 5.41) is 3.02. The van der Waals surface area contributed by atoms with Gasteiger partial charge in [-0.15, -0.1) is 0 Å². The van der Waals surface area contributed by atoms with Crippen LogP contribution in [-0.2, 0) is 20.7 Å². The third kappa shape index (κ3) is 5.10. The lowest BCUT2D eigenvalue weighted by atomic mass is 10.1. The van der Waals surface area contributed by atoms with Crippen LogP contribution in [0.3, 0.4) is 0 Å². The van der Waals surface area contributed by atoms with Crippen molar-refractivity contribution in [3.05, 3.63) is 66.2 Å². The zero-order valence-electron chi connectivity index (χ0n) is 11.6. The molecule has 2 aromatic carbocycles. The normalized spacial score (nSPS) is 11.4. The van der Waals surface area contributed by atoms with Gasteiger partial charge in [-0.1, -0.05) is 48.5 Å². The van der Waals surface area contributed by atoms with Crippen molar-refractivity contribution in [1.29, 1.82) is 0 Å². The Morgan fingerprint density at radius 3 is 2.29 bits per heavy atom. The Balaban J connectivity index is 1.93. The molecule has 0 radical (unpaired) electrons. The number of para-hydroxylation sites is 1.